The molecule has 18 heavy (non-hydrogen) atoms. The van der Waals surface area contributed by atoms with Crippen LogP contribution in [0.25, 0.3) is 0 Å². The number of nitrogens with one attached hydrogen (secondary N) is 1. The van der Waals surface area contributed by atoms with Crippen LogP contribution in [-0.4, -0.2) is 24.1 Å². The maximum atomic E-state index is 6.07. The van der Waals surface area contributed by atoms with Crippen LogP contribution in [0.15, 0.2) is 18.2 Å². The van der Waals surface area contributed by atoms with Crippen molar-refractivity contribution in [1.29, 1.82) is 0 Å². The van der Waals surface area contributed by atoms with Gasteiger partial charge in [-0.05, 0) is 49.8 Å². The van der Waals surface area contributed by atoms with Gasteiger partial charge in [-0.2, -0.15) is 11.8 Å². The first kappa shape index (κ1) is 14.5. The number of benzene rings is 1. The molecule has 0 radical (unpaired) electrons. The van der Waals surface area contributed by atoms with Gasteiger partial charge < -0.3 is 5.32 Å². The van der Waals surface area contributed by atoms with E-state index >= 15 is 0 Å². The minimum absolute atomic E-state index is 0.521. The molecule has 0 aromatic heterocycles. The Kier molecular flexibility index (Phi) is 5.68. The van der Waals surface area contributed by atoms with Crippen LogP contribution in [0.2, 0.25) is 10.0 Å². The molecule has 1 fully saturated rings. The third kappa shape index (κ3) is 3.80. The summed E-state index contributed by atoms with van der Waals surface area (Å²) in [4.78, 5) is 0. The Bertz CT molecular complexity index is 391. The maximum Gasteiger partial charge on any atom is 0.0595 e. The van der Waals surface area contributed by atoms with Crippen LogP contribution >= 0.6 is 35.0 Å². The second-order valence-corrected chi connectivity index (χ2v) is 6.91. The number of thioether (sulfide) groups is 1. The van der Waals surface area contributed by atoms with Gasteiger partial charge in [-0.25, -0.2) is 0 Å². The normalized spacial score (nSPS) is 21.8. The van der Waals surface area contributed by atoms with Crippen LogP contribution in [0, 0.1) is 0 Å². The maximum absolute atomic E-state index is 6.07. The molecule has 0 bridgehead atoms. The highest BCUT2D eigenvalue weighted by molar-refractivity contribution is 8.00. The van der Waals surface area contributed by atoms with Crippen LogP contribution in [0.3, 0.4) is 0 Å². The summed E-state index contributed by atoms with van der Waals surface area (Å²) >= 11 is 14.1. The molecular formula is C14H19Cl2NS. The Hall–Kier alpha value is 0.110. The van der Waals surface area contributed by atoms with Crippen molar-refractivity contribution in [1.82, 2.24) is 5.32 Å². The zero-order valence-electron chi connectivity index (χ0n) is 10.6. The molecule has 4 heteroatoms. The van der Waals surface area contributed by atoms with Gasteiger partial charge in [-0.1, -0.05) is 35.7 Å². The van der Waals surface area contributed by atoms with E-state index in [1.165, 1.54) is 30.6 Å². The molecule has 0 aliphatic carbocycles. The molecule has 2 atom stereocenters. The summed E-state index contributed by atoms with van der Waals surface area (Å²) in [6.45, 7) is 0. The molecule has 1 aromatic carbocycles. The third-order valence-electron chi connectivity index (χ3n) is 3.47. The van der Waals surface area contributed by atoms with Gasteiger partial charge in [0.2, 0.25) is 0 Å². The fraction of sp³-hybridized carbons (Fsp3) is 0.571. The first-order chi connectivity index (χ1) is 8.70. The summed E-state index contributed by atoms with van der Waals surface area (Å²) < 4.78 is 0. The number of likely N-dealkylation sites (N-methyl/N-ethyl adjacent to an activating group) is 1. The van der Waals surface area contributed by atoms with Gasteiger partial charge in [0, 0.05) is 11.3 Å². The lowest BCUT2D eigenvalue weighted by Crippen LogP contribution is -2.38. The fourth-order valence-corrected chi connectivity index (χ4v) is 4.22. The van der Waals surface area contributed by atoms with E-state index in [0.717, 1.165) is 11.7 Å². The van der Waals surface area contributed by atoms with E-state index in [9.17, 15) is 0 Å². The topological polar surface area (TPSA) is 12.0 Å². The smallest absolute Gasteiger partial charge is 0.0595 e. The van der Waals surface area contributed by atoms with Gasteiger partial charge in [0.1, 0.15) is 0 Å². The molecule has 2 unspecified atom stereocenters. The minimum atomic E-state index is 0.521. The van der Waals surface area contributed by atoms with Crippen molar-refractivity contribution in [2.75, 3.05) is 12.8 Å². The highest BCUT2D eigenvalue weighted by Crippen LogP contribution is 2.30. The summed E-state index contributed by atoms with van der Waals surface area (Å²) in [5, 5.41) is 5.46. The van der Waals surface area contributed by atoms with Gasteiger partial charge in [0.25, 0.3) is 0 Å². The van der Waals surface area contributed by atoms with Crippen molar-refractivity contribution < 1.29 is 0 Å². The van der Waals surface area contributed by atoms with Crippen molar-refractivity contribution in [3.05, 3.63) is 33.8 Å². The highest BCUT2D eigenvalue weighted by atomic mass is 35.5. The lowest BCUT2D eigenvalue weighted by atomic mass is 9.99. The summed E-state index contributed by atoms with van der Waals surface area (Å²) in [6.07, 6.45) is 5.06. The van der Waals surface area contributed by atoms with E-state index in [0.29, 0.717) is 16.1 Å². The SMILES string of the molecule is CNC(Cc1ccc(Cl)c(Cl)c1)C1CCCCS1. The minimum Gasteiger partial charge on any atom is -0.316 e. The van der Waals surface area contributed by atoms with Gasteiger partial charge in [-0.3, -0.25) is 0 Å². The number of hydrogen-bond acceptors (Lipinski definition) is 2. The molecule has 2 rings (SSSR count). The average Bonchev–Trinajstić information content (AvgIpc) is 2.41. The van der Waals surface area contributed by atoms with Crippen molar-refractivity contribution in [3.8, 4) is 0 Å². The van der Waals surface area contributed by atoms with E-state index in [1.54, 1.807) is 0 Å². The average molecular weight is 304 g/mol. The summed E-state index contributed by atoms with van der Waals surface area (Å²) in [5.41, 5.74) is 1.26. The first-order valence-electron chi connectivity index (χ1n) is 6.43. The fourth-order valence-electron chi connectivity index (χ4n) is 2.42. The summed E-state index contributed by atoms with van der Waals surface area (Å²) in [7, 11) is 2.05. The third-order valence-corrected chi connectivity index (χ3v) is 5.73. The molecule has 1 aliphatic rings. The van der Waals surface area contributed by atoms with Gasteiger partial charge in [0.05, 0.1) is 10.0 Å². The quantitative estimate of drug-likeness (QED) is 0.884. The van der Waals surface area contributed by atoms with E-state index in [-0.39, 0.29) is 0 Å². The second kappa shape index (κ2) is 7.04. The van der Waals surface area contributed by atoms with Gasteiger partial charge in [-0.15, -0.1) is 0 Å². The van der Waals surface area contributed by atoms with E-state index in [4.69, 9.17) is 23.2 Å². The zero-order valence-corrected chi connectivity index (χ0v) is 12.9. The summed E-state index contributed by atoms with van der Waals surface area (Å²) in [6, 6.07) is 6.47. The zero-order chi connectivity index (χ0) is 13.0. The highest BCUT2D eigenvalue weighted by Gasteiger charge is 2.23. The van der Waals surface area contributed by atoms with Crippen molar-refractivity contribution in [2.45, 2.75) is 37.0 Å². The monoisotopic (exact) mass is 303 g/mol. The molecule has 1 N–H and O–H groups in total. The second-order valence-electron chi connectivity index (χ2n) is 4.75. The van der Waals surface area contributed by atoms with Crippen molar-refractivity contribution in [3.63, 3.8) is 0 Å². The Labute approximate surface area is 124 Å². The standard InChI is InChI=1S/C14H19Cl2NS/c1-17-13(14-4-2-3-7-18-14)9-10-5-6-11(15)12(16)8-10/h5-6,8,13-14,17H,2-4,7,9H2,1H3. The largest absolute Gasteiger partial charge is 0.316 e. The number of halogens is 2. The van der Waals surface area contributed by atoms with Gasteiger partial charge >= 0.3 is 0 Å². The Balaban J connectivity index is 2.02. The van der Waals surface area contributed by atoms with E-state index < -0.39 is 0 Å². The Morgan fingerprint density at radius 2 is 2.17 bits per heavy atom. The van der Waals surface area contributed by atoms with Crippen molar-refractivity contribution in [2.24, 2.45) is 0 Å². The van der Waals surface area contributed by atoms with Crippen molar-refractivity contribution >= 4 is 35.0 Å². The van der Waals surface area contributed by atoms with Crippen LogP contribution in [0.1, 0.15) is 24.8 Å². The van der Waals surface area contributed by atoms with Crippen LogP contribution < -0.4 is 5.32 Å². The van der Waals surface area contributed by atoms with Gasteiger partial charge in [0.15, 0.2) is 0 Å². The number of hydrogen-bond donors (Lipinski definition) is 1. The first-order valence-corrected chi connectivity index (χ1v) is 8.24. The lowest BCUT2D eigenvalue weighted by molar-refractivity contribution is 0.495. The molecule has 0 saturated carbocycles. The molecule has 0 amide bonds. The summed E-state index contributed by atoms with van der Waals surface area (Å²) in [5.74, 6) is 1.30. The van der Waals surface area contributed by atoms with E-state index in [1.807, 2.05) is 12.1 Å². The molecule has 100 valence electrons. The molecule has 1 heterocycles. The van der Waals surface area contributed by atoms with Crippen LogP contribution in [0.4, 0.5) is 0 Å². The molecule has 1 aliphatic heterocycles. The Morgan fingerprint density at radius 1 is 1.33 bits per heavy atom. The molecule has 0 spiro atoms. The van der Waals surface area contributed by atoms with Crippen LogP contribution in [0.5, 0.6) is 0 Å². The molecule has 1 aromatic rings. The molecule has 1 saturated heterocycles. The molecular weight excluding hydrogens is 285 g/mol. The van der Waals surface area contributed by atoms with Crippen LogP contribution in [-0.2, 0) is 6.42 Å². The Morgan fingerprint density at radius 3 is 2.78 bits per heavy atom. The lowest BCUT2D eigenvalue weighted by Gasteiger charge is -2.29. The predicted octanol–water partition coefficient (Wildman–Crippen LogP) is 4.41. The van der Waals surface area contributed by atoms with E-state index in [2.05, 4.69) is 30.2 Å². The number of rotatable bonds is 4. The predicted molar refractivity (Wildman–Crippen MR) is 83.1 cm³/mol. The molecule has 1 nitrogen and oxygen atoms in total.